The van der Waals surface area contributed by atoms with Gasteiger partial charge in [-0.1, -0.05) is 26.8 Å². The van der Waals surface area contributed by atoms with Crippen molar-refractivity contribution in [1.29, 1.82) is 0 Å². The fourth-order valence-corrected chi connectivity index (χ4v) is 3.46. The van der Waals surface area contributed by atoms with Crippen molar-refractivity contribution in [3.8, 4) is 0 Å². The van der Waals surface area contributed by atoms with E-state index in [0.717, 1.165) is 12.5 Å². The number of hydrogen-bond donors (Lipinski definition) is 1. The molecule has 1 aliphatic rings. The molecule has 2 rings (SSSR count). The molecule has 1 nitrogen and oxygen atoms in total. The van der Waals surface area contributed by atoms with Gasteiger partial charge in [-0.15, -0.1) is 0 Å². The Hall–Kier alpha value is -0.820. The fourth-order valence-electron chi connectivity index (χ4n) is 3.46. The summed E-state index contributed by atoms with van der Waals surface area (Å²) in [5, 5.41) is 3.75. The van der Waals surface area contributed by atoms with Crippen molar-refractivity contribution in [2.45, 2.75) is 60.9 Å². The molecule has 0 heterocycles. The maximum Gasteiger partial charge on any atom is 0.0359 e. The van der Waals surface area contributed by atoms with E-state index in [1.54, 1.807) is 5.56 Å². The summed E-state index contributed by atoms with van der Waals surface area (Å²) in [6.07, 6.45) is 1.34. The second-order valence-corrected chi connectivity index (χ2v) is 7.01. The Morgan fingerprint density at radius 2 is 1.63 bits per heavy atom. The highest BCUT2D eigenvalue weighted by molar-refractivity contribution is 5.46. The SMILES string of the molecule is CCNC(c1c(C)c(C)cc(C)c1C)C1CC1(C)C. The molecule has 19 heavy (non-hydrogen) atoms. The second kappa shape index (κ2) is 4.94. The first-order valence-corrected chi connectivity index (χ1v) is 7.60. The van der Waals surface area contributed by atoms with Crippen molar-refractivity contribution < 1.29 is 0 Å². The van der Waals surface area contributed by atoms with Crippen LogP contribution in [0.3, 0.4) is 0 Å². The van der Waals surface area contributed by atoms with E-state index < -0.39 is 0 Å². The van der Waals surface area contributed by atoms with Crippen LogP contribution in [-0.2, 0) is 0 Å². The minimum Gasteiger partial charge on any atom is -0.310 e. The highest BCUT2D eigenvalue weighted by Crippen LogP contribution is 2.58. The first-order valence-electron chi connectivity index (χ1n) is 7.60. The molecule has 0 saturated heterocycles. The smallest absolute Gasteiger partial charge is 0.0359 e. The van der Waals surface area contributed by atoms with E-state index in [1.165, 1.54) is 28.7 Å². The van der Waals surface area contributed by atoms with E-state index in [9.17, 15) is 0 Å². The van der Waals surface area contributed by atoms with E-state index in [-0.39, 0.29) is 0 Å². The lowest BCUT2D eigenvalue weighted by atomic mass is 9.86. The zero-order chi connectivity index (χ0) is 14.4. The highest BCUT2D eigenvalue weighted by atomic mass is 14.9. The van der Waals surface area contributed by atoms with Crippen LogP contribution in [0.2, 0.25) is 0 Å². The summed E-state index contributed by atoms with van der Waals surface area (Å²) in [7, 11) is 0. The Morgan fingerprint density at radius 1 is 1.16 bits per heavy atom. The number of aryl methyl sites for hydroxylation is 2. The molecular weight excluding hydrogens is 230 g/mol. The minimum atomic E-state index is 0.503. The molecule has 1 saturated carbocycles. The van der Waals surface area contributed by atoms with Crippen molar-refractivity contribution in [2.75, 3.05) is 6.54 Å². The zero-order valence-corrected chi connectivity index (χ0v) is 13.6. The largest absolute Gasteiger partial charge is 0.310 e. The van der Waals surface area contributed by atoms with Gasteiger partial charge in [-0.05, 0) is 79.8 Å². The average molecular weight is 259 g/mol. The van der Waals surface area contributed by atoms with Gasteiger partial charge in [0.1, 0.15) is 0 Å². The molecule has 0 radical (unpaired) electrons. The van der Waals surface area contributed by atoms with Crippen LogP contribution >= 0.6 is 0 Å². The summed E-state index contributed by atoms with van der Waals surface area (Å²) in [5.41, 5.74) is 7.89. The number of rotatable bonds is 4. The zero-order valence-electron chi connectivity index (χ0n) is 13.6. The molecule has 2 atom stereocenters. The van der Waals surface area contributed by atoms with Gasteiger partial charge in [0.2, 0.25) is 0 Å². The average Bonchev–Trinajstić information content (AvgIpc) is 2.95. The molecule has 0 aromatic heterocycles. The van der Waals surface area contributed by atoms with E-state index in [1.807, 2.05) is 0 Å². The maximum absolute atomic E-state index is 3.75. The van der Waals surface area contributed by atoms with Crippen LogP contribution in [0, 0.1) is 39.0 Å². The Kier molecular flexibility index (Phi) is 3.79. The van der Waals surface area contributed by atoms with Gasteiger partial charge in [0.05, 0.1) is 0 Å². The van der Waals surface area contributed by atoms with Crippen LogP contribution in [0.4, 0.5) is 0 Å². The molecule has 0 amide bonds. The molecule has 2 unspecified atom stereocenters. The third kappa shape index (κ3) is 2.58. The van der Waals surface area contributed by atoms with Gasteiger partial charge in [0.15, 0.2) is 0 Å². The predicted molar refractivity (Wildman–Crippen MR) is 83.7 cm³/mol. The third-order valence-corrected chi connectivity index (χ3v) is 5.15. The van der Waals surface area contributed by atoms with Crippen LogP contribution in [0.25, 0.3) is 0 Å². The molecule has 1 aliphatic carbocycles. The van der Waals surface area contributed by atoms with Crippen LogP contribution in [0.15, 0.2) is 6.07 Å². The molecule has 1 aromatic rings. The lowest BCUT2D eigenvalue weighted by Gasteiger charge is -2.26. The number of benzene rings is 1. The second-order valence-electron chi connectivity index (χ2n) is 7.01. The molecular formula is C18H29N. The van der Waals surface area contributed by atoms with Crippen molar-refractivity contribution in [2.24, 2.45) is 11.3 Å². The standard InChI is InChI=1S/C18H29N/c1-8-19-17(15-10-18(15,6)7)16-13(4)11(2)9-12(3)14(16)5/h9,15,17,19H,8,10H2,1-7H3. The maximum atomic E-state index is 3.75. The lowest BCUT2D eigenvalue weighted by Crippen LogP contribution is -2.26. The first-order chi connectivity index (χ1) is 8.79. The lowest BCUT2D eigenvalue weighted by molar-refractivity contribution is 0.420. The highest BCUT2D eigenvalue weighted by Gasteiger charge is 2.50. The summed E-state index contributed by atoms with van der Waals surface area (Å²) in [4.78, 5) is 0. The Bertz CT molecular complexity index is 459. The van der Waals surface area contributed by atoms with Gasteiger partial charge in [0, 0.05) is 6.04 Å². The summed E-state index contributed by atoms with van der Waals surface area (Å²) in [6.45, 7) is 17.1. The summed E-state index contributed by atoms with van der Waals surface area (Å²) in [5.74, 6) is 0.783. The first kappa shape index (κ1) is 14.6. The summed E-state index contributed by atoms with van der Waals surface area (Å²) < 4.78 is 0. The topological polar surface area (TPSA) is 12.0 Å². The predicted octanol–water partition coefficient (Wildman–Crippen LogP) is 4.62. The molecule has 0 spiro atoms. The Labute approximate surface area is 118 Å². The third-order valence-electron chi connectivity index (χ3n) is 5.15. The van der Waals surface area contributed by atoms with Gasteiger partial charge < -0.3 is 5.32 Å². The Balaban J connectivity index is 2.48. The van der Waals surface area contributed by atoms with Crippen LogP contribution in [-0.4, -0.2) is 6.54 Å². The number of nitrogens with one attached hydrogen (secondary N) is 1. The molecule has 0 bridgehead atoms. The summed E-state index contributed by atoms with van der Waals surface area (Å²) >= 11 is 0. The Morgan fingerprint density at radius 3 is 2.00 bits per heavy atom. The molecule has 1 aromatic carbocycles. The van der Waals surface area contributed by atoms with Gasteiger partial charge in [-0.2, -0.15) is 0 Å². The van der Waals surface area contributed by atoms with E-state index in [4.69, 9.17) is 0 Å². The van der Waals surface area contributed by atoms with Crippen molar-refractivity contribution in [3.63, 3.8) is 0 Å². The van der Waals surface area contributed by atoms with Gasteiger partial charge in [-0.25, -0.2) is 0 Å². The summed E-state index contributed by atoms with van der Waals surface area (Å²) in [6, 6.07) is 2.86. The van der Waals surface area contributed by atoms with Crippen LogP contribution in [0.5, 0.6) is 0 Å². The minimum absolute atomic E-state index is 0.503. The van der Waals surface area contributed by atoms with Gasteiger partial charge in [-0.3, -0.25) is 0 Å². The van der Waals surface area contributed by atoms with Crippen LogP contribution < -0.4 is 5.32 Å². The van der Waals surface area contributed by atoms with Crippen molar-refractivity contribution >= 4 is 0 Å². The van der Waals surface area contributed by atoms with Crippen LogP contribution in [0.1, 0.15) is 61.1 Å². The molecule has 1 fully saturated rings. The van der Waals surface area contributed by atoms with Crippen molar-refractivity contribution in [3.05, 3.63) is 33.9 Å². The number of hydrogen-bond acceptors (Lipinski definition) is 1. The van der Waals surface area contributed by atoms with E-state index in [2.05, 4.69) is 59.8 Å². The molecule has 1 N–H and O–H groups in total. The monoisotopic (exact) mass is 259 g/mol. The molecule has 0 aliphatic heterocycles. The van der Waals surface area contributed by atoms with Crippen molar-refractivity contribution in [1.82, 2.24) is 5.32 Å². The normalized spacial score (nSPS) is 22.4. The molecule has 1 heteroatoms. The van der Waals surface area contributed by atoms with Gasteiger partial charge in [0.25, 0.3) is 0 Å². The van der Waals surface area contributed by atoms with E-state index >= 15 is 0 Å². The fraction of sp³-hybridized carbons (Fsp3) is 0.667. The van der Waals surface area contributed by atoms with Gasteiger partial charge >= 0.3 is 0 Å². The molecule has 106 valence electrons. The van der Waals surface area contributed by atoms with E-state index in [0.29, 0.717) is 11.5 Å². The quantitative estimate of drug-likeness (QED) is 0.832.